The first kappa shape index (κ1) is 16.7. The van der Waals surface area contributed by atoms with Crippen molar-refractivity contribution >= 4 is 17.8 Å². The molecular formula is C17H20O4. The van der Waals surface area contributed by atoms with Gasteiger partial charge in [-0.3, -0.25) is 4.79 Å². The summed E-state index contributed by atoms with van der Waals surface area (Å²) in [6.45, 7) is 3.63. The second kappa shape index (κ2) is 8.74. The number of ketones is 1. The van der Waals surface area contributed by atoms with Crippen LogP contribution in [0.25, 0.3) is 6.08 Å². The van der Waals surface area contributed by atoms with Gasteiger partial charge in [-0.05, 0) is 37.1 Å². The molecule has 0 radical (unpaired) electrons. The van der Waals surface area contributed by atoms with Gasteiger partial charge in [-0.15, -0.1) is 0 Å². The maximum atomic E-state index is 11.5. The standard InChI is InChI=1S/C17H20O4/c1-4-13(2)21-17(19)16(18)8-6-5-7-14-9-11-15(20-3)12-10-14/h5-13H,4H2,1-3H3/b7-5+,8-6+. The first-order valence-electron chi connectivity index (χ1n) is 6.80. The first-order chi connectivity index (χ1) is 10.1. The van der Waals surface area contributed by atoms with Crippen molar-refractivity contribution in [3.63, 3.8) is 0 Å². The highest BCUT2D eigenvalue weighted by Crippen LogP contribution is 2.12. The number of ether oxygens (including phenoxy) is 2. The van der Waals surface area contributed by atoms with E-state index in [1.165, 1.54) is 12.2 Å². The molecule has 0 aliphatic carbocycles. The van der Waals surface area contributed by atoms with Crippen LogP contribution in [0.2, 0.25) is 0 Å². The summed E-state index contributed by atoms with van der Waals surface area (Å²) in [7, 11) is 1.61. The molecule has 4 heteroatoms. The predicted octanol–water partition coefficient (Wildman–Crippen LogP) is 3.18. The van der Waals surface area contributed by atoms with Gasteiger partial charge in [0, 0.05) is 0 Å². The van der Waals surface area contributed by atoms with E-state index in [4.69, 9.17) is 9.47 Å². The summed E-state index contributed by atoms with van der Waals surface area (Å²) in [4.78, 5) is 22.9. The van der Waals surface area contributed by atoms with Crippen LogP contribution in [0.15, 0.2) is 42.5 Å². The van der Waals surface area contributed by atoms with Gasteiger partial charge in [0.1, 0.15) is 5.75 Å². The second-order valence-corrected chi connectivity index (χ2v) is 4.48. The Morgan fingerprint density at radius 3 is 2.43 bits per heavy atom. The third-order valence-corrected chi connectivity index (χ3v) is 2.85. The zero-order valence-electron chi connectivity index (χ0n) is 12.5. The molecule has 21 heavy (non-hydrogen) atoms. The zero-order chi connectivity index (χ0) is 15.7. The maximum absolute atomic E-state index is 11.5. The van der Waals surface area contributed by atoms with Crippen LogP contribution in [0.4, 0.5) is 0 Å². The highest BCUT2D eigenvalue weighted by atomic mass is 16.5. The van der Waals surface area contributed by atoms with Crippen LogP contribution >= 0.6 is 0 Å². The van der Waals surface area contributed by atoms with Crippen LogP contribution in [0, 0.1) is 0 Å². The fraction of sp³-hybridized carbons (Fsp3) is 0.294. The molecule has 0 N–H and O–H groups in total. The Morgan fingerprint density at radius 1 is 1.19 bits per heavy atom. The minimum atomic E-state index is -0.821. The molecule has 0 heterocycles. The molecule has 112 valence electrons. The van der Waals surface area contributed by atoms with Gasteiger partial charge in [0.15, 0.2) is 0 Å². The first-order valence-corrected chi connectivity index (χ1v) is 6.80. The molecule has 0 spiro atoms. The maximum Gasteiger partial charge on any atom is 0.379 e. The van der Waals surface area contributed by atoms with E-state index in [0.717, 1.165) is 11.3 Å². The summed E-state index contributed by atoms with van der Waals surface area (Å²) in [5.41, 5.74) is 0.968. The Hall–Kier alpha value is -2.36. The highest BCUT2D eigenvalue weighted by molar-refractivity contribution is 6.38. The lowest BCUT2D eigenvalue weighted by atomic mass is 10.2. The fourth-order valence-electron chi connectivity index (χ4n) is 1.42. The van der Waals surface area contributed by atoms with Crippen LogP contribution in [-0.2, 0) is 14.3 Å². The molecule has 4 nitrogen and oxygen atoms in total. The molecule has 0 bridgehead atoms. The Balaban J connectivity index is 2.50. The normalized spacial score (nSPS) is 12.5. The van der Waals surface area contributed by atoms with Gasteiger partial charge >= 0.3 is 5.97 Å². The SMILES string of the molecule is CCC(C)OC(=O)C(=O)/C=C/C=C/c1ccc(OC)cc1. The van der Waals surface area contributed by atoms with Crippen LogP contribution in [0.5, 0.6) is 5.75 Å². The number of benzene rings is 1. The van der Waals surface area contributed by atoms with Gasteiger partial charge in [-0.2, -0.15) is 0 Å². The van der Waals surface area contributed by atoms with E-state index in [0.29, 0.717) is 6.42 Å². The second-order valence-electron chi connectivity index (χ2n) is 4.48. The van der Waals surface area contributed by atoms with Crippen LogP contribution in [0.1, 0.15) is 25.8 Å². The Labute approximate surface area is 125 Å². The van der Waals surface area contributed by atoms with Crippen LogP contribution in [0.3, 0.4) is 0 Å². The molecule has 1 unspecified atom stereocenters. The lowest BCUT2D eigenvalue weighted by Crippen LogP contribution is -2.20. The number of carbonyl (C=O) groups excluding carboxylic acids is 2. The summed E-state index contributed by atoms with van der Waals surface area (Å²) in [6, 6.07) is 7.47. The van der Waals surface area contributed by atoms with Gasteiger partial charge < -0.3 is 9.47 Å². The molecule has 1 atom stereocenters. The van der Waals surface area contributed by atoms with Crippen LogP contribution < -0.4 is 4.74 Å². The predicted molar refractivity (Wildman–Crippen MR) is 82.0 cm³/mol. The number of methoxy groups -OCH3 is 1. The molecule has 0 fully saturated rings. The molecule has 0 saturated heterocycles. The van der Waals surface area contributed by atoms with Crippen molar-refractivity contribution in [3.8, 4) is 5.75 Å². The summed E-state index contributed by atoms with van der Waals surface area (Å²) in [5, 5.41) is 0. The number of allylic oxidation sites excluding steroid dienone is 2. The number of carbonyl (C=O) groups is 2. The lowest BCUT2D eigenvalue weighted by molar-refractivity contribution is -0.155. The highest BCUT2D eigenvalue weighted by Gasteiger charge is 2.14. The number of hydrogen-bond acceptors (Lipinski definition) is 4. The van der Waals surface area contributed by atoms with Gasteiger partial charge in [0.25, 0.3) is 5.78 Å². The number of hydrogen-bond donors (Lipinski definition) is 0. The largest absolute Gasteiger partial charge is 0.497 e. The average Bonchev–Trinajstić information content (AvgIpc) is 2.51. The van der Waals surface area contributed by atoms with E-state index in [-0.39, 0.29) is 6.10 Å². The molecule has 1 aromatic rings. The molecule has 1 aromatic carbocycles. The zero-order valence-corrected chi connectivity index (χ0v) is 12.5. The molecular weight excluding hydrogens is 268 g/mol. The van der Waals surface area contributed by atoms with Crippen LogP contribution in [-0.4, -0.2) is 25.0 Å². The molecule has 0 aliphatic heterocycles. The average molecular weight is 288 g/mol. The molecule has 0 saturated carbocycles. The van der Waals surface area contributed by atoms with E-state index in [1.807, 2.05) is 37.3 Å². The molecule has 0 aliphatic rings. The van der Waals surface area contributed by atoms with E-state index in [2.05, 4.69) is 0 Å². The number of rotatable bonds is 7. The van der Waals surface area contributed by atoms with Gasteiger partial charge in [-0.1, -0.05) is 37.3 Å². The summed E-state index contributed by atoms with van der Waals surface area (Å²) >= 11 is 0. The monoisotopic (exact) mass is 288 g/mol. The van der Waals surface area contributed by atoms with Crippen molar-refractivity contribution in [1.29, 1.82) is 0 Å². The molecule has 1 rings (SSSR count). The third kappa shape index (κ3) is 6.08. The topological polar surface area (TPSA) is 52.6 Å². The van der Waals surface area contributed by atoms with Gasteiger partial charge in [0.2, 0.25) is 0 Å². The quantitative estimate of drug-likeness (QED) is 0.335. The molecule has 0 aromatic heterocycles. The Morgan fingerprint density at radius 2 is 1.86 bits per heavy atom. The van der Waals surface area contributed by atoms with Crippen molar-refractivity contribution < 1.29 is 19.1 Å². The smallest absolute Gasteiger partial charge is 0.379 e. The summed E-state index contributed by atoms with van der Waals surface area (Å²) in [6.07, 6.45) is 6.67. The van der Waals surface area contributed by atoms with Crippen molar-refractivity contribution in [2.45, 2.75) is 26.4 Å². The van der Waals surface area contributed by atoms with E-state index in [1.54, 1.807) is 20.1 Å². The van der Waals surface area contributed by atoms with Crippen molar-refractivity contribution in [2.24, 2.45) is 0 Å². The number of esters is 1. The van der Waals surface area contributed by atoms with Gasteiger partial charge in [0.05, 0.1) is 13.2 Å². The summed E-state index contributed by atoms with van der Waals surface area (Å²) < 4.78 is 9.98. The van der Waals surface area contributed by atoms with Crippen molar-refractivity contribution in [3.05, 3.63) is 48.1 Å². The lowest BCUT2D eigenvalue weighted by Gasteiger charge is -2.08. The Bertz CT molecular complexity index is 526. The van der Waals surface area contributed by atoms with Crippen molar-refractivity contribution in [2.75, 3.05) is 7.11 Å². The van der Waals surface area contributed by atoms with Crippen molar-refractivity contribution in [1.82, 2.24) is 0 Å². The Kier molecular flexibility index (Phi) is 6.95. The van der Waals surface area contributed by atoms with E-state index in [9.17, 15) is 9.59 Å². The van der Waals surface area contributed by atoms with E-state index < -0.39 is 11.8 Å². The third-order valence-electron chi connectivity index (χ3n) is 2.85. The summed E-state index contributed by atoms with van der Waals surface area (Å²) in [5.74, 6) is -0.696. The molecule has 0 amide bonds. The minimum absolute atomic E-state index is 0.246. The fourth-order valence-corrected chi connectivity index (χ4v) is 1.42. The minimum Gasteiger partial charge on any atom is -0.497 e. The van der Waals surface area contributed by atoms with Gasteiger partial charge in [-0.25, -0.2) is 4.79 Å². The van der Waals surface area contributed by atoms with E-state index >= 15 is 0 Å².